The van der Waals surface area contributed by atoms with Crippen molar-refractivity contribution in [1.82, 2.24) is 29.7 Å². The Labute approximate surface area is 270 Å². The van der Waals surface area contributed by atoms with Crippen molar-refractivity contribution in [2.75, 3.05) is 41.3 Å². The van der Waals surface area contributed by atoms with Gasteiger partial charge in [0.15, 0.2) is 5.82 Å². The van der Waals surface area contributed by atoms with Crippen LogP contribution in [0.25, 0.3) is 5.70 Å². The second-order valence-electron chi connectivity index (χ2n) is 13.3. The van der Waals surface area contributed by atoms with Crippen molar-refractivity contribution in [2.24, 2.45) is 13.0 Å². The number of nitrogens with one attached hydrogen (secondary N) is 1. The van der Waals surface area contributed by atoms with Crippen molar-refractivity contribution < 1.29 is 9.32 Å². The highest BCUT2D eigenvalue weighted by Crippen LogP contribution is 2.49. The number of fused-ring (bicyclic) bond motifs is 3. The number of benzene rings is 2. The SMILES string of the molecule is C=C(c1ccc2c(c1)CCc1cc(C(=O)N(C)C)ccc1C2(CCNCC(=C)N1C(C#N)C[C@@H]2C[C@@H]21)c1nc(=O)on1C)N(C)C. The van der Waals surface area contributed by atoms with E-state index in [0.29, 0.717) is 49.3 Å². The highest BCUT2D eigenvalue weighted by Gasteiger charge is 2.52. The van der Waals surface area contributed by atoms with Gasteiger partial charge in [-0.2, -0.15) is 15.0 Å². The zero-order chi connectivity index (χ0) is 32.9. The summed E-state index contributed by atoms with van der Waals surface area (Å²) < 4.78 is 6.99. The second kappa shape index (κ2) is 12.0. The van der Waals surface area contributed by atoms with Crippen molar-refractivity contribution >= 4 is 11.6 Å². The number of aryl methyl sites for hydroxylation is 3. The molecule has 6 rings (SSSR count). The van der Waals surface area contributed by atoms with E-state index in [1.54, 1.807) is 26.0 Å². The van der Waals surface area contributed by atoms with Gasteiger partial charge in [-0.05, 0) is 90.6 Å². The number of aromatic nitrogens is 2. The van der Waals surface area contributed by atoms with Crippen molar-refractivity contribution in [3.8, 4) is 6.07 Å². The van der Waals surface area contributed by atoms with Crippen LogP contribution in [-0.2, 0) is 25.3 Å². The molecule has 2 heterocycles. The summed E-state index contributed by atoms with van der Waals surface area (Å²) in [6, 6.07) is 15.1. The van der Waals surface area contributed by atoms with Crippen LogP contribution in [0.3, 0.4) is 0 Å². The lowest BCUT2D eigenvalue weighted by Crippen LogP contribution is -2.39. The van der Waals surface area contributed by atoms with Gasteiger partial charge in [-0.15, -0.1) is 0 Å². The summed E-state index contributed by atoms with van der Waals surface area (Å²) in [5, 5.41) is 13.3. The lowest BCUT2D eigenvalue weighted by molar-refractivity contribution is 0.0827. The van der Waals surface area contributed by atoms with Crippen molar-refractivity contribution in [1.29, 1.82) is 5.26 Å². The number of hydrogen-bond donors (Lipinski definition) is 1. The van der Waals surface area contributed by atoms with Crippen LogP contribution in [0.1, 0.15) is 63.3 Å². The van der Waals surface area contributed by atoms with Gasteiger partial charge in [-0.3, -0.25) is 4.79 Å². The molecule has 240 valence electrons. The van der Waals surface area contributed by atoms with Crippen LogP contribution in [0.15, 0.2) is 64.6 Å². The topological polar surface area (TPSA) is 111 Å². The molecule has 4 atom stereocenters. The van der Waals surface area contributed by atoms with E-state index in [-0.39, 0.29) is 11.9 Å². The maximum atomic E-state index is 13.1. The van der Waals surface area contributed by atoms with E-state index in [2.05, 4.69) is 52.6 Å². The molecule has 3 aliphatic rings. The van der Waals surface area contributed by atoms with Gasteiger partial charge < -0.3 is 24.5 Å². The molecular formula is C36H43N7O3. The third kappa shape index (κ3) is 5.32. The third-order valence-corrected chi connectivity index (χ3v) is 10.0. The average molecular weight is 622 g/mol. The van der Waals surface area contributed by atoms with E-state index >= 15 is 0 Å². The van der Waals surface area contributed by atoms with Crippen molar-refractivity contribution in [3.63, 3.8) is 0 Å². The molecule has 2 aliphatic carbocycles. The number of nitriles is 1. The molecule has 2 unspecified atom stereocenters. The maximum absolute atomic E-state index is 13.1. The Morgan fingerprint density at radius 2 is 1.72 bits per heavy atom. The number of nitrogens with zero attached hydrogens (tertiary/aromatic N) is 6. The fourth-order valence-corrected chi connectivity index (χ4v) is 7.63. The fourth-order valence-electron chi connectivity index (χ4n) is 7.63. The number of likely N-dealkylation sites (tertiary alicyclic amines) is 1. The summed E-state index contributed by atoms with van der Waals surface area (Å²) in [4.78, 5) is 36.0. The first-order chi connectivity index (χ1) is 22.0. The molecule has 0 radical (unpaired) electrons. The molecule has 1 saturated carbocycles. The Morgan fingerprint density at radius 3 is 2.30 bits per heavy atom. The largest absolute Gasteiger partial charge is 0.459 e. The number of rotatable bonds is 10. The van der Waals surface area contributed by atoms with Crippen LogP contribution in [0, 0.1) is 17.2 Å². The molecule has 46 heavy (non-hydrogen) atoms. The normalized spacial score (nSPS) is 22.6. The smallest absolute Gasteiger partial charge is 0.378 e. The number of piperidine rings is 1. The molecular weight excluding hydrogens is 578 g/mol. The van der Waals surface area contributed by atoms with E-state index in [1.165, 1.54) is 4.74 Å². The fraction of sp³-hybridized carbons (Fsp3) is 0.444. The maximum Gasteiger partial charge on any atom is 0.459 e. The van der Waals surface area contributed by atoms with Crippen molar-refractivity contribution in [2.45, 2.75) is 49.6 Å². The lowest BCUT2D eigenvalue weighted by Gasteiger charge is -2.36. The van der Waals surface area contributed by atoms with Crippen LogP contribution in [0.4, 0.5) is 0 Å². The number of amides is 1. The highest BCUT2D eigenvalue weighted by atomic mass is 16.5. The zero-order valence-electron chi connectivity index (χ0n) is 27.5. The first-order valence-electron chi connectivity index (χ1n) is 15.9. The molecule has 1 saturated heterocycles. The monoisotopic (exact) mass is 621 g/mol. The van der Waals surface area contributed by atoms with Gasteiger partial charge in [0.05, 0.1) is 11.5 Å². The zero-order valence-corrected chi connectivity index (χ0v) is 27.5. The minimum Gasteiger partial charge on any atom is -0.378 e. The van der Waals surface area contributed by atoms with Gasteiger partial charge in [0, 0.05) is 64.8 Å². The Bertz CT molecular complexity index is 1740. The summed E-state index contributed by atoms with van der Waals surface area (Å²) in [6.45, 7) is 9.76. The molecule has 0 bridgehead atoms. The van der Waals surface area contributed by atoms with Gasteiger partial charge in [0.25, 0.3) is 5.91 Å². The molecule has 0 spiro atoms. The summed E-state index contributed by atoms with van der Waals surface area (Å²) >= 11 is 0. The van der Waals surface area contributed by atoms with E-state index < -0.39 is 11.2 Å². The Hall–Kier alpha value is -4.62. The number of hydrogen-bond acceptors (Lipinski definition) is 8. The quantitative estimate of drug-likeness (QED) is 0.343. The molecule has 3 aromatic rings. The standard InChI is InChI=1S/C36H43N7O3/c1-22(43-29(20-37)18-28-19-32(28)43)21-38-15-14-36(34-39-35(45)46-42(34)7)30-12-10-24(23(2)40(3)4)16-25(30)8-9-26-17-27(11-13-31(26)36)33(44)41(5)6/h10-13,16-17,28-29,32,38H,1-2,8-9,14-15,18-19,21H2,3-7H3/t28-,29?,32+,36?/m1/s1. The Kier molecular flexibility index (Phi) is 8.15. The molecule has 1 N–H and O–H groups in total. The van der Waals surface area contributed by atoms with E-state index in [9.17, 15) is 14.9 Å². The van der Waals surface area contributed by atoms with Crippen LogP contribution < -0.4 is 11.1 Å². The minimum atomic E-state index is -0.863. The van der Waals surface area contributed by atoms with Crippen LogP contribution >= 0.6 is 0 Å². The lowest BCUT2D eigenvalue weighted by atomic mass is 9.69. The molecule has 1 amide bonds. The van der Waals surface area contributed by atoms with Gasteiger partial charge in [-0.25, -0.2) is 4.79 Å². The Morgan fingerprint density at radius 1 is 1.07 bits per heavy atom. The first kappa shape index (κ1) is 31.4. The second-order valence-corrected chi connectivity index (χ2v) is 13.3. The first-order valence-corrected chi connectivity index (χ1v) is 15.9. The van der Waals surface area contributed by atoms with Crippen LogP contribution in [-0.4, -0.2) is 83.7 Å². The predicted molar refractivity (Wildman–Crippen MR) is 177 cm³/mol. The van der Waals surface area contributed by atoms with Crippen LogP contribution in [0.5, 0.6) is 0 Å². The van der Waals surface area contributed by atoms with E-state index in [4.69, 9.17) is 4.52 Å². The molecule has 2 fully saturated rings. The predicted octanol–water partition coefficient (Wildman–Crippen LogP) is 3.52. The summed E-state index contributed by atoms with van der Waals surface area (Å²) in [6.07, 6.45) is 4.05. The number of carbonyl (C=O) groups excluding carboxylic acids is 1. The minimum absolute atomic E-state index is 0.0655. The molecule has 10 heteroatoms. The molecule has 2 aromatic carbocycles. The van der Waals surface area contributed by atoms with Gasteiger partial charge in [-0.1, -0.05) is 31.4 Å². The average Bonchev–Trinajstić information content (AvgIpc) is 3.60. The number of carbonyl (C=O) groups is 1. The van der Waals surface area contributed by atoms with Crippen LogP contribution in [0.2, 0.25) is 0 Å². The van der Waals surface area contributed by atoms with Gasteiger partial charge >= 0.3 is 5.76 Å². The van der Waals surface area contributed by atoms with Gasteiger partial charge in [0.2, 0.25) is 0 Å². The third-order valence-electron chi connectivity index (χ3n) is 10.0. The molecule has 10 nitrogen and oxygen atoms in total. The Balaban J connectivity index is 1.44. The summed E-state index contributed by atoms with van der Waals surface area (Å²) in [7, 11) is 9.18. The molecule has 1 aliphatic heterocycles. The van der Waals surface area contributed by atoms with E-state index in [1.807, 2.05) is 37.2 Å². The highest BCUT2D eigenvalue weighted by molar-refractivity contribution is 5.94. The van der Waals surface area contributed by atoms with Crippen molar-refractivity contribution in [3.05, 3.63) is 105 Å². The summed E-state index contributed by atoms with van der Waals surface area (Å²) in [5.74, 6) is 0.399. The summed E-state index contributed by atoms with van der Waals surface area (Å²) in [5.41, 5.74) is 6.81. The van der Waals surface area contributed by atoms with Gasteiger partial charge in [0.1, 0.15) is 6.04 Å². The van der Waals surface area contributed by atoms with E-state index in [0.717, 1.165) is 58.5 Å². The molecule has 1 aromatic heterocycles.